The lowest BCUT2D eigenvalue weighted by molar-refractivity contribution is -0.00663. The highest BCUT2D eigenvalue weighted by molar-refractivity contribution is 5.65. The number of nitrogens with two attached hydrogens (primary N) is 1. The molecule has 0 radical (unpaired) electrons. The lowest BCUT2D eigenvalue weighted by Gasteiger charge is -2.31. The van der Waals surface area contributed by atoms with E-state index in [0.29, 0.717) is 5.69 Å². The topological polar surface area (TPSA) is 53.7 Å². The van der Waals surface area contributed by atoms with Gasteiger partial charge in [-0.05, 0) is 13.8 Å². The lowest BCUT2D eigenvalue weighted by atomic mass is 9.92. The van der Waals surface area contributed by atoms with Crippen LogP contribution < -0.4 is 15.2 Å². The molecule has 2 rings (SSSR count). The molecule has 17 heavy (non-hydrogen) atoms. The van der Waals surface area contributed by atoms with Crippen LogP contribution in [-0.4, -0.2) is 20.3 Å². The molecule has 0 aliphatic carbocycles. The summed E-state index contributed by atoms with van der Waals surface area (Å²) in [6, 6.07) is 1.80. The first-order chi connectivity index (χ1) is 8.08. The van der Waals surface area contributed by atoms with Gasteiger partial charge in [0.05, 0.1) is 32.1 Å². The van der Waals surface area contributed by atoms with Crippen LogP contribution in [-0.2, 0) is 11.2 Å². The quantitative estimate of drug-likeness (QED) is 0.802. The van der Waals surface area contributed by atoms with Crippen molar-refractivity contribution in [1.29, 1.82) is 0 Å². The number of ether oxygens (including phenoxy) is 3. The molecule has 0 aromatic heterocycles. The highest BCUT2D eigenvalue weighted by Gasteiger charge is 2.29. The number of anilines is 1. The predicted molar refractivity (Wildman–Crippen MR) is 66.6 cm³/mol. The number of hydrogen-bond donors (Lipinski definition) is 1. The molecule has 0 saturated heterocycles. The van der Waals surface area contributed by atoms with E-state index in [1.807, 2.05) is 6.92 Å². The molecule has 1 heterocycles. The first kappa shape index (κ1) is 12.0. The fraction of sp³-hybridized carbons (Fsp3) is 0.538. The fourth-order valence-electron chi connectivity index (χ4n) is 2.54. The van der Waals surface area contributed by atoms with Gasteiger partial charge in [-0.1, -0.05) is 0 Å². The summed E-state index contributed by atoms with van der Waals surface area (Å²) in [5.74, 6) is 1.53. The van der Waals surface area contributed by atoms with E-state index in [1.165, 1.54) is 0 Å². The summed E-state index contributed by atoms with van der Waals surface area (Å²) < 4.78 is 16.6. The molecule has 94 valence electrons. The van der Waals surface area contributed by atoms with E-state index in [0.717, 1.165) is 29.0 Å². The molecule has 0 unspecified atom stereocenters. The number of methoxy groups -OCH3 is 2. The minimum Gasteiger partial charge on any atom is -0.496 e. The fourth-order valence-corrected chi connectivity index (χ4v) is 2.54. The van der Waals surface area contributed by atoms with Crippen molar-refractivity contribution < 1.29 is 14.2 Å². The van der Waals surface area contributed by atoms with Gasteiger partial charge in [0.2, 0.25) is 0 Å². The summed E-state index contributed by atoms with van der Waals surface area (Å²) in [5, 5.41) is 0. The Labute approximate surface area is 102 Å². The van der Waals surface area contributed by atoms with Crippen molar-refractivity contribution in [2.45, 2.75) is 32.5 Å². The van der Waals surface area contributed by atoms with Crippen molar-refractivity contribution in [2.75, 3.05) is 20.0 Å². The van der Waals surface area contributed by atoms with Gasteiger partial charge in [0.25, 0.3) is 0 Å². The molecule has 4 nitrogen and oxygen atoms in total. The molecule has 0 spiro atoms. The van der Waals surface area contributed by atoms with Crippen LogP contribution >= 0.6 is 0 Å². The van der Waals surface area contributed by atoms with Crippen LogP contribution in [0.25, 0.3) is 0 Å². The second kappa shape index (κ2) is 4.45. The van der Waals surface area contributed by atoms with Crippen molar-refractivity contribution in [3.63, 3.8) is 0 Å². The lowest BCUT2D eigenvalue weighted by Crippen LogP contribution is -2.23. The average molecular weight is 237 g/mol. The highest BCUT2D eigenvalue weighted by Crippen LogP contribution is 2.44. The summed E-state index contributed by atoms with van der Waals surface area (Å²) in [6.07, 6.45) is 0.959. The summed E-state index contributed by atoms with van der Waals surface area (Å²) in [5.41, 5.74) is 8.75. The van der Waals surface area contributed by atoms with Crippen LogP contribution in [0.5, 0.6) is 11.5 Å². The van der Waals surface area contributed by atoms with Crippen molar-refractivity contribution in [2.24, 2.45) is 0 Å². The molecule has 0 fully saturated rings. The van der Waals surface area contributed by atoms with E-state index in [-0.39, 0.29) is 12.2 Å². The third kappa shape index (κ3) is 1.93. The van der Waals surface area contributed by atoms with Gasteiger partial charge in [0, 0.05) is 23.6 Å². The van der Waals surface area contributed by atoms with Crippen LogP contribution in [0.4, 0.5) is 5.69 Å². The van der Waals surface area contributed by atoms with Crippen molar-refractivity contribution in [3.8, 4) is 11.5 Å². The van der Waals surface area contributed by atoms with Crippen molar-refractivity contribution >= 4 is 5.69 Å². The minimum absolute atomic E-state index is 0.00167. The Morgan fingerprint density at radius 3 is 2.59 bits per heavy atom. The minimum atomic E-state index is -0.00167. The Balaban J connectivity index is 2.65. The van der Waals surface area contributed by atoms with Crippen LogP contribution in [0.3, 0.4) is 0 Å². The number of fused-ring (bicyclic) bond motifs is 1. The molecule has 4 heteroatoms. The van der Waals surface area contributed by atoms with E-state index in [2.05, 4.69) is 6.92 Å². The van der Waals surface area contributed by atoms with Crippen LogP contribution in [0, 0.1) is 0 Å². The van der Waals surface area contributed by atoms with Gasteiger partial charge < -0.3 is 19.9 Å². The molecule has 1 aliphatic heterocycles. The third-order valence-corrected chi connectivity index (χ3v) is 3.17. The maximum absolute atomic E-state index is 5.98. The Morgan fingerprint density at radius 2 is 2.00 bits per heavy atom. The van der Waals surface area contributed by atoms with E-state index in [9.17, 15) is 0 Å². The van der Waals surface area contributed by atoms with Gasteiger partial charge in [-0.15, -0.1) is 0 Å². The van der Waals surface area contributed by atoms with Gasteiger partial charge >= 0.3 is 0 Å². The molecule has 1 aromatic carbocycles. The van der Waals surface area contributed by atoms with Gasteiger partial charge in [0.1, 0.15) is 11.5 Å². The Morgan fingerprint density at radius 1 is 1.29 bits per heavy atom. The standard InChI is InChI=1S/C13H19NO3/c1-7-5-9-12(8(2)17-7)11(15-3)6-10(14)13(9)16-4/h6-8H,5,14H2,1-4H3/t7-,8+/m0/s1. The molecule has 0 bridgehead atoms. The molecule has 0 amide bonds. The predicted octanol–water partition coefficient (Wildman–Crippen LogP) is 2.31. The molecular formula is C13H19NO3. The normalized spacial score (nSPS) is 23.1. The van der Waals surface area contributed by atoms with E-state index in [4.69, 9.17) is 19.9 Å². The highest BCUT2D eigenvalue weighted by atomic mass is 16.5. The Bertz CT molecular complexity index is 431. The van der Waals surface area contributed by atoms with Gasteiger partial charge in [-0.25, -0.2) is 0 Å². The van der Waals surface area contributed by atoms with Gasteiger partial charge in [-0.2, -0.15) is 0 Å². The number of benzene rings is 1. The second-order valence-electron chi connectivity index (χ2n) is 4.39. The maximum atomic E-state index is 5.98. The molecule has 2 N–H and O–H groups in total. The monoisotopic (exact) mass is 237 g/mol. The third-order valence-electron chi connectivity index (χ3n) is 3.17. The number of rotatable bonds is 2. The number of nitrogen functional groups attached to an aromatic ring is 1. The Kier molecular flexibility index (Phi) is 3.15. The largest absolute Gasteiger partial charge is 0.496 e. The smallest absolute Gasteiger partial charge is 0.145 e. The molecule has 1 aliphatic rings. The van der Waals surface area contributed by atoms with E-state index >= 15 is 0 Å². The maximum Gasteiger partial charge on any atom is 0.145 e. The molecule has 2 atom stereocenters. The first-order valence-corrected chi connectivity index (χ1v) is 5.77. The summed E-state index contributed by atoms with van der Waals surface area (Å²) in [6.45, 7) is 4.07. The van der Waals surface area contributed by atoms with Crippen LogP contribution in [0.2, 0.25) is 0 Å². The van der Waals surface area contributed by atoms with Crippen molar-refractivity contribution in [1.82, 2.24) is 0 Å². The zero-order valence-corrected chi connectivity index (χ0v) is 10.7. The Hall–Kier alpha value is -1.42. The second-order valence-corrected chi connectivity index (χ2v) is 4.39. The average Bonchev–Trinajstić information content (AvgIpc) is 2.27. The van der Waals surface area contributed by atoms with Gasteiger partial charge in [-0.3, -0.25) is 0 Å². The van der Waals surface area contributed by atoms with Crippen LogP contribution in [0.1, 0.15) is 31.1 Å². The number of hydrogen-bond acceptors (Lipinski definition) is 4. The SMILES string of the molecule is COc1cc(N)c(OC)c2c1[C@@H](C)O[C@@H](C)C2. The van der Waals surface area contributed by atoms with Crippen molar-refractivity contribution in [3.05, 3.63) is 17.2 Å². The first-order valence-electron chi connectivity index (χ1n) is 5.77. The summed E-state index contributed by atoms with van der Waals surface area (Å²) in [4.78, 5) is 0. The molecular weight excluding hydrogens is 218 g/mol. The molecule has 0 saturated carbocycles. The van der Waals surface area contributed by atoms with Crippen LogP contribution in [0.15, 0.2) is 6.07 Å². The summed E-state index contributed by atoms with van der Waals surface area (Å²) in [7, 11) is 3.29. The van der Waals surface area contributed by atoms with Gasteiger partial charge in [0.15, 0.2) is 0 Å². The van der Waals surface area contributed by atoms with E-state index < -0.39 is 0 Å². The molecule has 1 aromatic rings. The van der Waals surface area contributed by atoms with E-state index in [1.54, 1.807) is 20.3 Å². The summed E-state index contributed by atoms with van der Waals surface area (Å²) >= 11 is 0. The zero-order chi connectivity index (χ0) is 12.6. The zero-order valence-electron chi connectivity index (χ0n) is 10.7.